The highest BCUT2D eigenvalue weighted by molar-refractivity contribution is 5.73. The monoisotopic (exact) mass is 374 g/mol. The molecule has 6 heteroatoms. The number of ether oxygens (including phenoxy) is 3. The quantitative estimate of drug-likeness (QED) is 0.363. The Balaban J connectivity index is 1.75. The fraction of sp³-hybridized carbons (Fsp3) is 0.286. The first kappa shape index (κ1) is 18.9. The largest absolute Gasteiger partial charge is 0.489 e. The van der Waals surface area contributed by atoms with Crippen LogP contribution < -0.4 is 14.2 Å². The molecule has 2 aromatic rings. The van der Waals surface area contributed by atoms with E-state index in [1.807, 2.05) is 18.2 Å². The number of benzene rings is 2. The van der Waals surface area contributed by atoms with E-state index >= 15 is 0 Å². The summed E-state index contributed by atoms with van der Waals surface area (Å²) in [6.45, 7) is -1.06. The van der Waals surface area contributed by atoms with Gasteiger partial charge < -0.3 is 14.2 Å². The second kappa shape index (κ2) is 8.66. The van der Waals surface area contributed by atoms with E-state index in [-0.39, 0.29) is 11.7 Å². The first-order valence-electron chi connectivity index (χ1n) is 8.68. The van der Waals surface area contributed by atoms with E-state index < -0.39 is 6.61 Å². The summed E-state index contributed by atoms with van der Waals surface area (Å²) in [4.78, 5) is 11.0. The van der Waals surface area contributed by atoms with Crippen LogP contribution in [-0.4, -0.2) is 19.2 Å². The van der Waals surface area contributed by atoms with Crippen LogP contribution in [0, 0.1) is 5.92 Å². The maximum Gasteiger partial charge on any atom is 0.387 e. The van der Waals surface area contributed by atoms with Crippen molar-refractivity contribution in [2.45, 2.75) is 26.4 Å². The molecule has 1 fully saturated rings. The van der Waals surface area contributed by atoms with Gasteiger partial charge in [0.15, 0.2) is 11.5 Å². The Hall–Kier alpha value is -2.89. The molecule has 4 nitrogen and oxygen atoms in total. The zero-order valence-electron chi connectivity index (χ0n) is 14.9. The Bertz CT molecular complexity index is 829. The number of halogens is 2. The van der Waals surface area contributed by atoms with Gasteiger partial charge in [-0.25, -0.2) is 0 Å². The Kier molecular flexibility index (Phi) is 6.06. The summed E-state index contributed by atoms with van der Waals surface area (Å²) < 4.78 is 40.4. The number of hydrogen-bond donors (Lipinski definition) is 0. The van der Waals surface area contributed by atoms with Crippen molar-refractivity contribution < 1.29 is 27.8 Å². The van der Waals surface area contributed by atoms with Gasteiger partial charge in [0.2, 0.25) is 0 Å². The number of hydrogen-bond acceptors (Lipinski definition) is 4. The summed E-state index contributed by atoms with van der Waals surface area (Å²) in [6.07, 6.45) is 5.86. The zero-order valence-corrected chi connectivity index (χ0v) is 14.9. The van der Waals surface area contributed by atoms with Crippen LogP contribution >= 0.6 is 0 Å². The Morgan fingerprint density at radius 2 is 1.85 bits per heavy atom. The molecule has 142 valence electrons. The summed E-state index contributed by atoms with van der Waals surface area (Å²) in [5.74, 6) is 0.896. The molecule has 0 amide bonds. The van der Waals surface area contributed by atoms with Crippen LogP contribution in [0.15, 0.2) is 42.5 Å². The molecule has 0 atom stereocenters. The summed E-state index contributed by atoms with van der Waals surface area (Å²) >= 11 is 0. The maximum absolute atomic E-state index is 12.6. The normalized spacial score (nSPS) is 13.8. The molecule has 1 aliphatic carbocycles. The van der Waals surface area contributed by atoms with E-state index in [0.717, 1.165) is 24.0 Å². The molecule has 0 N–H and O–H groups in total. The van der Waals surface area contributed by atoms with E-state index in [0.29, 0.717) is 24.0 Å². The van der Waals surface area contributed by atoms with Crippen LogP contribution in [0.3, 0.4) is 0 Å². The number of carbonyl (C=O) groups is 1. The number of alkyl halides is 2. The minimum Gasteiger partial charge on any atom is -0.489 e. The molecule has 0 saturated heterocycles. The molecule has 0 spiro atoms. The number of carbonyl (C=O) groups excluding carboxylic acids is 1. The van der Waals surface area contributed by atoms with Crippen molar-refractivity contribution >= 4 is 18.1 Å². The van der Waals surface area contributed by atoms with Crippen LogP contribution in [0.25, 0.3) is 12.2 Å². The van der Waals surface area contributed by atoms with Crippen molar-refractivity contribution in [1.29, 1.82) is 0 Å². The van der Waals surface area contributed by atoms with Gasteiger partial charge in [0.25, 0.3) is 0 Å². The van der Waals surface area contributed by atoms with Gasteiger partial charge in [0, 0.05) is 6.92 Å². The third kappa shape index (κ3) is 6.09. The van der Waals surface area contributed by atoms with Gasteiger partial charge >= 0.3 is 12.6 Å². The van der Waals surface area contributed by atoms with E-state index in [2.05, 4.69) is 4.74 Å². The standard InChI is InChI=1S/C21H20F2O4/c1-14(24)26-18-4-2-3-15(11-18)5-6-16-9-10-19(27-21(22)23)20(12-16)25-13-17-7-8-17/h2-6,9-12,17,21H,7-8,13H2,1H3/b6-5+. The summed E-state index contributed by atoms with van der Waals surface area (Å²) in [5, 5.41) is 0. The van der Waals surface area contributed by atoms with Crippen molar-refractivity contribution in [3.63, 3.8) is 0 Å². The lowest BCUT2D eigenvalue weighted by Crippen LogP contribution is -2.06. The lowest BCUT2D eigenvalue weighted by Gasteiger charge is -2.12. The van der Waals surface area contributed by atoms with Crippen LogP contribution in [-0.2, 0) is 4.79 Å². The van der Waals surface area contributed by atoms with E-state index in [9.17, 15) is 13.6 Å². The molecule has 0 aromatic heterocycles. The highest BCUT2D eigenvalue weighted by Crippen LogP contribution is 2.34. The predicted octanol–water partition coefficient (Wildman–Crippen LogP) is 5.17. The van der Waals surface area contributed by atoms with Gasteiger partial charge in [-0.2, -0.15) is 8.78 Å². The Labute approximate surface area is 156 Å². The second-order valence-electron chi connectivity index (χ2n) is 6.34. The van der Waals surface area contributed by atoms with Gasteiger partial charge in [-0.05, 0) is 54.2 Å². The van der Waals surface area contributed by atoms with Crippen LogP contribution in [0.1, 0.15) is 30.9 Å². The zero-order chi connectivity index (χ0) is 19.2. The van der Waals surface area contributed by atoms with Crippen LogP contribution in [0.2, 0.25) is 0 Å². The van der Waals surface area contributed by atoms with Crippen molar-refractivity contribution in [2.75, 3.05) is 6.61 Å². The highest BCUT2D eigenvalue weighted by atomic mass is 19.3. The number of esters is 1. The smallest absolute Gasteiger partial charge is 0.387 e. The molecular weight excluding hydrogens is 354 g/mol. The maximum atomic E-state index is 12.6. The molecule has 1 aliphatic rings. The molecular formula is C21H20F2O4. The molecule has 0 heterocycles. The molecule has 1 saturated carbocycles. The summed E-state index contributed by atoms with van der Waals surface area (Å²) in [7, 11) is 0. The molecule has 0 radical (unpaired) electrons. The van der Waals surface area contributed by atoms with Crippen LogP contribution in [0.4, 0.5) is 8.78 Å². The van der Waals surface area contributed by atoms with Gasteiger partial charge in [-0.3, -0.25) is 4.79 Å². The number of rotatable bonds is 8. The second-order valence-corrected chi connectivity index (χ2v) is 6.34. The molecule has 3 rings (SSSR count). The highest BCUT2D eigenvalue weighted by Gasteiger charge is 2.23. The molecule has 0 aliphatic heterocycles. The Morgan fingerprint density at radius 3 is 2.52 bits per heavy atom. The van der Waals surface area contributed by atoms with Gasteiger partial charge in [0.05, 0.1) is 6.61 Å². The summed E-state index contributed by atoms with van der Waals surface area (Å²) in [5.41, 5.74) is 1.61. The first-order valence-corrected chi connectivity index (χ1v) is 8.68. The summed E-state index contributed by atoms with van der Waals surface area (Å²) in [6, 6.07) is 11.9. The van der Waals surface area contributed by atoms with Crippen molar-refractivity contribution in [3.8, 4) is 17.2 Å². The predicted molar refractivity (Wildman–Crippen MR) is 98.0 cm³/mol. The van der Waals surface area contributed by atoms with E-state index in [1.165, 1.54) is 13.0 Å². The van der Waals surface area contributed by atoms with Gasteiger partial charge in [0.1, 0.15) is 5.75 Å². The fourth-order valence-electron chi connectivity index (χ4n) is 2.47. The third-order valence-corrected chi connectivity index (χ3v) is 3.94. The molecule has 0 bridgehead atoms. The Morgan fingerprint density at radius 1 is 1.11 bits per heavy atom. The van der Waals surface area contributed by atoms with Gasteiger partial charge in [-0.15, -0.1) is 0 Å². The molecule has 27 heavy (non-hydrogen) atoms. The fourth-order valence-corrected chi connectivity index (χ4v) is 2.47. The average molecular weight is 374 g/mol. The first-order chi connectivity index (χ1) is 13.0. The van der Waals surface area contributed by atoms with Crippen molar-refractivity contribution in [3.05, 3.63) is 53.6 Å². The molecule has 2 aromatic carbocycles. The topological polar surface area (TPSA) is 44.8 Å². The SMILES string of the molecule is CC(=O)Oc1cccc(/C=C/c2ccc(OC(F)F)c(OCC3CC3)c2)c1. The van der Waals surface area contributed by atoms with Crippen molar-refractivity contribution in [2.24, 2.45) is 5.92 Å². The van der Waals surface area contributed by atoms with E-state index in [4.69, 9.17) is 9.47 Å². The lowest BCUT2D eigenvalue weighted by molar-refractivity contribution is -0.131. The van der Waals surface area contributed by atoms with Crippen molar-refractivity contribution in [1.82, 2.24) is 0 Å². The minimum absolute atomic E-state index is 0.0275. The minimum atomic E-state index is -2.90. The van der Waals surface area contributed by atoms with Crippen LogP contribution in [0.5, 0.6) is 17.2 Å². The van der Waals surface area contributed by atoms with E-state index in [1.54, 1.807) is 30.3 Å². The van der Waals surface area contributed by atoms with Gasteiger partial charge in [-0.1, -0.05) is 30.4 Å². The lowest BCUT2D eigenvalue weighted by atomic mass is 10.1. The average Bonchev–Trinajstić information content (AvgIpc) is 3.43. The third-order valence-electron chi connectivity index (χ3n) is 3.94. The molecule has 0 unspecified atom stereocenters.